The monoisotopic (exact) mass is 392 g/mol. The minimum atomic E-state index is -1.29. The molecule has 0 saturated heterocycles. The average molecular weight is 392 g/mol. The molecule has 3 aromatic rings. The van der Waals surface area contributed by atoms with E-state index >= 15 is 0 Å². The van der Waals surface area contributed by atoms with E-state index in [0.29, 0.717) is 28.9 Å². The summed E-state index contributed by atoms with van der Waals surface area (Å²) in [6.07, 6.45) is 3.25. The molecule has 1 saturated carbocycles. The van der Waals surface area contributed by atoms with Gasteiger partial charge in [0.15, 0.2) is 0 Å². The van der Waals surface area contributed by atoms with Crippen LogP contribution in [0.1, 0.15) is 55.6 Å². The van der Waals surface area contributed by atoms with Gasteiger partial charge in [0, 0.05) is 5.39 Å². The lowest BCUT2D eigenvalue weighted by Crippen LogP contribution is -2.04. The SMILES string of the molecule is C[C@@H](CC1CCC(c2ccc(OC(=O)O)cc2)C1)c1ccc(F)c2ccccc12. The third kappa shape index (κ3) is 4.26. The largest absolute Gasteiger partial charge is 0.511 e. The van der Waals surface area contributed by atoms with E-state index in [4.69, 9.17) is 5.11 Å². The van der Waals surface area contributed by atoms with Gasteiger partial charge >= 0.3 is 6.16 Å². The quantitative estimate of drug-likeness (QED) is 0.372. The van der Waals surface area contributed by atoms with E-state index in [1.165, 1.54) is 17.5 Å². The van der Waals surface area contributed by atoms with Gasteiger partial charge in [0.05, 0.1) is 0 Å². The highest BCUT2D eigenvalue weighted by atomic mass is 19.1. The summed E-state index contributed by atoms with van der Waals surface area (Å²) in [7, 11) is 0. The summed E-state index contributed by atoms with van der Waals surface area (Å²) in [4.78, 5) is 10.6. The molecular formula is C25H25FO3. The van der Waals surface area contributed by atoms with Crippen LogP contribution in [0.25, 0.3) is 10.8 Å². The first-order valence-electron chi connectivity index (χ1n) is 10.2. The van der Waals surface area contributed by atoms with Crippen molar-refractivity contribution >= 4 is 16.9 Å². The third-order valence-electron chi connectivity index (χ3n) is 6.22. The van der Waals surface area contributed by atoms with Crippen LogP contribution >= 0.6 is 0 Å². The maximum atomic E-state index is 14.1. The van der Waals surface area contributed by atoms with E-state index in [1.54, 1.807) is 18.2 Å². The Morgan fingerprint density at radius 2 is 1.79 bits per heavy atom. The zero-order valence-corrected chi connectivity index (χ0v) is 16.5. The van der Waals surface area contributed by atoms with E-state index in [0.717, 1.165) is 24.6 Å². The minimum Gasteiger partial charge on any atom is -0.449 e. The Hall–Kier alpha value is -2.88. The highest BCUT2D eigenvalue weighted by Crippen LogP contribution is 2.43. The van der Waals surface area contributed by atoms with Crippen LogP contribution in [-0.4, -0.2) is 11.3 Å². The van der Waals surface area contributed by atoms with Crippen LogP contribution in [0.4, 0.5) is 9.18 Å². The van der Waals surface area contributed by atoms with Crippen molar-refractivity contribution in [3.8, 4) is 5.75 Å². The summed E-state index contributed by atoms with van der Waals surface area (Å²) in [6, 6.07) is 18.7. The van der Waals surface area contributed by atoms with Crippen molar-refractivity contribution in [3.05, 3.63) is 77.6 Å². The molecular weight excluding hydrogens is 367 g/mol. The van der Waals surface area contributed by atoms with Crippen LogP contribution in [0.3, 0.4) is 0 Å². The van der Waals surface area contributed by atoms with Crippen molar-refractivity contribution in [3.63, 3.8) is 0 Å². The fourth-order valence-electron chi connectivity index (χ4n) is 4.84. The highest BCUT2D eigenvalue weighted by Gasteiger charge is 2.28. The van der Waals surface area contributed by atoms with Gasteiger partial charge < -0.3 is 9.84 Å². The molecule has 0 heterocycles. The normalized spacial score (nSPS) is 19.9. The van der Waals surface area contributed by atoms with Gasteiger partial charge in [-0.15, -0.1) is 0 Å². The van der Waals surface area contributed by atoms with Crippen molar-refractivity contribution < 1.29 is 19.0 Å². The van der Waals surface area contributed by atoms with E-state index < -0.39 is 6.16 Å². The third-order valence-corrected chi connectivity index (χ3v) is 6.22. The predicted octanol–water partition coefficient (Wildman–Crippen LogP) is 7.11. The molecule has 1 aliphatic rings. The summed E-state index contributed by atoms with van der Waals surface area (Å²) in [5, 5.41) is 10.4. The molecule has 3 nitrogen and oxygen atoms in total. The predicted molar refractivity (Wildman–Crippen MR) is 112 cm³/mol. The molecule has 0 spiro atoms. The average Bonchev–Trinajstić information content (AvgIpc) is 3.17. The molecule has 4 rings (SSSR count). The van der Waals surface area contributed by atoms with Gasteiger partial charge in [-0.05, 0) is 78.1 Å². The van der Waals surface area contributed by atoms with Gasteiger partial charge in [0.2, 0.25) is 0 Å². The van der Waals surface area contributed by atoms with E-state index in [-0.39, 0.29) is 5.82 Å². The van der Waals surface area contributed by atoms with Crippen LogP contribution in [0.2, 0.25) is 0 Å². The van der Waals surface area contributed by atoms with E-state index in [2.05, 4.69) is 11.7 Å². The minimum absolute atomic E-state index is 0.159. The number of hydrogen-bond acceptors (Lipinski definition) is 2. The first kappa shape index (κ1) is 19.4. The second kappa shape index (κ2) is 8.24. The lowest BCUT2D eigenvalue weighted by Gasteiger charge is -2.19. The van der Waals surface area contributed by atoms with Crippen molar-refractivity contribution in [1.29, 1.82) is 0 Å². The van der Waals surface area contributed by atoms with Crippen LogP contribution < -0.4 is 4.74 Å². The van der Waals surface area contributed by atoms with Crippen molar-refractivity contribution in [2.24, 2.45) is 5.92 Å². The topological polar surface area (TPSA) is 46.5 Å². The molecule has 0 bridgehead atoms. The Balaban J connectivity index is 1.43. The molecule has 1 aliphatic carbocycles. The highest BCUT2D eigenvalue weighted by molar-refractivity contribution is 5.86. The van der Waals surface area contributed by atoms with Crippen LogP contribution in [0.5, 0.6) is 5.75 Å². The fraction of sp³-hybridized carbons (Fsp3) is 0.320. The maximum Gasteiger partial charge on any atom is 0.511 e. The Morgan fingerprint density at radius 1 is 1.07 bits per heavy atom. The van der Waals surface area contributed by atoms with Gasteiger partial charge in [0.25, 0.3) is 0 Å². The Morgan fingerprint density at radius 3 is 2.52 bits per heavy atom. The standard InChI is InChI=1S/C25H25FO3/c1-16(21-12-13-24(26)23-5-3-2-4-22(21)23)14-17-6-7-19(15-17)18-8-10-20(11-9-18)29-25(27)28/h2-5,8-13,16-17,19H,6-7,14-15H2,1H3,(H,27,28)/t16-,17?,19?/m0/s1. The molecule has 0 radical (unpaired) electrons. The van der Waals surface area contributed by atoms with Crippen molar-refractivity contribution in [1.82, 2.24) is 0 Å². The summed E-state index contributed by atoms with van der Waals surface area (Å²) in [5.41, 5.74) is 2.46. The van der Waals surface area contributed by atoms with Gasteiger partial charge in [-0.2, -0.15) is 0 Å². The number of carboxylic acid groups (broad SMARTS) is 1. The molecule has 1 fully saturated rings. The second-order valence-electron chi connectivity index (χ2n) is 8.13. The Bertz CT molecular complexity index is 1010. The Kier molecular flexibility index (Phi) is 5.52. The molecule has 3 atom stereocenters. The van der Waals surface area contributed by atoms with Gasteiger partial charge in [0.1, 0.15) is 11.6 Å². The number of fused-ring (bicyclic) bond motifs is 1. The first-order valence-corrected chi connectivity index (χ1v) is 10.2. The van der Waals surface area contributed by atoms with Gasteiger partial charge in [-0.3, -0.25) is 0 Å². The fourth-order valence-corrected chi connectivity index (χ4v) is 4.84. The lowest BCUT2D eigenvalue weighted by atomic mass is 9.86. The summed E-state index contributed by atoms with van der Waals surface area (Å²) < 4.78 is 18.8. The molecule has 3 aromatic carbocycles. The smallest absolute Gasteiger partial charge is 0.449 e. The number of benzene rings is 3. The van der Waals surface area contributed by atoms with Crippen molar-refractivity contribution in [2.75, 3.05) is 0 Å². The van der Waals surface area contributed by atoms with Gasteiger partial charge in [-0.25, -0.2) is 9.18 Å². The number of carbonyl (C=O) groups is 1. The van der Waals surface area contributed by atoms with E-state index in [9.17, 15) is 9.18 Å². The maximum absolute atomic E-state index is 14.1. The molecule has 0 aliphatic heterocycles. The molecule has 4 heteroatoms. The van der Waals surface area contributed by atoms with Gasteiger partial charge in [-0.1, -0.05) is 49.4 Å². The molecule has 150 valence electrons. The second-order valence-corrected chi connectivity index (χ2v) is 8.13. The van der Waals surface area contributed by atoms with E-state index in [1.807, 2.05) is 42.5 Å². The zero-order chi connectivity index (χ0) is 20.4. The molecule has 0 amide bonds. The summed E-state index contributed by atoms with van der Waals surface area (Å²) in [6.45, 7) is 2.24. The molecule has 1 N–H and O–H groups in total. The van der Waals surface area contributed by atoms with Crippen LogP contribution in [-0.2, 0) is 0 Å². The first-order chi connectivity index (χ1) is 14.0. The summed E-state index contributed by atoms with van der Waals surface area (Å²) in [5.74, 6) is 1.70. The summed E-state index contributed by atoms with van der Waals surface area (Å²) >= 11 is 0. The van der Waals surface area contributed by atoms with Crippen molar-refractivity contribution in [2.45, 2.75) is 44.4 Å². The zero-order valence-electron chi connectivity index (χ0n) is 16.5. The van der Waals surface area contributed by atoms with Crippen LogP contribution in [0.15, 0.2) is 60.7 Å². The number of hydrogen-bond donors (Lipinski definition) is 1. The number of rotatable bonds is 5. The lowest BCUT2D eigenvalue weighted by molar-refractivity contribution is 0.144. The number of halogens is 1. The molecule has 29 heavy (non-hydrogen) atoms. The van der Waals surface area contributed by atoms with Crippen LogP contribution in [0, 0.1) is 11.7 Å². The molecule has 0 aromatic heterocycles. The Labute approximate surface area is 170 Å². The molecule has 2 unspecified atom stereocenters. The number of ether oxygens (including phenoxy) is 1.